The summed E-state index contributed by atoms with van der Waals surface area (Å²) in [5, 5.41) is 10.1. The third kappa shape index (κ3) is 4.47. The zero-order chi connectivity index (χ0) is 22.9. The van der Waals surface area contributed by atoms with Gasteiger partial charge < -0.3 is 14.7 Å². The van der Waals surface area contributed by atoms with E-state index in [9.17, 15) is 14.7 Å². The molecule has 0 bridgehead atoms. The number of amides is 1. The summed E-state index contributed by atoms with van der Waals surface area (Å²) in [5.74, 6) is -0.418. The fourth-order valence-electron chi connectivity index (χ4n) is 4.25. The van der Waals surface area contributed by atoms with Crippen LogP contribution >= 0.6 is 11.3 Å². The van der Waals surface area contributed by atoms with Crippen LogP contribution in [0.15, 0.2) is 42.5 Å². The molecule has 0 atom stereocenters. The van der Waals surface area contributed by atoms with Crippen LogP contribution in [0.1, 0.15) is 17.5 Å². The molecule has 0 saturated carbocycles. The predicted molar refractivity (Wildman–Crippen MR) is 126 cm³/mol. The summed E-state index contributed by atoms with van der Waals surface area (Å²) in [5.41, 5.74) is 1.87. The first-order valence-electron chi connectivity index (χ1n) is 10.5. The van der Waals surface area contributed by atoms with Gasteiger partial charge in [-0.3, -0.25) is 14.5 Å². The first-order valence-corrected chi connectivity index (χ1v) is 11.3. The highest BCUT2D eigenvalue weighted by Gasteiger charge is 2.47. The van der Waals surface area contributed by atoms with Crippen molar-refractivity contribution in [1.82, 2.24) is 9.88 Å². The van der Waals surface area contributed by atoms with Crippen LogP contribution in [-0.2, 0) is 22.4 Å². The summed E-state index contributed by atoms with van der Waals surface area (Å²) in [6, 6.07) is 13.5. The molecule has 1 N–H and O–H groups in total. The predicted octanol–water partition coefficient (Wildman–Crippen LogP) is 3.46. The Morgan fingerprint density at radius 1 is 1.12 bits per heavy atom. The average Bonchev–Trinajstić information content (AvgIpc) is 3.33. The van der Waals surface area contributed by atoms with Gasteiger partial charge in [0, 0.05) is 13.6 Å². The summed E-state index contributed by atoms with van der Waals surface area (Å²) in [6.45, 7) is 1.40. The van der Waals surface area contributed by atoms with Crippen LogP contribution < -0.4 is 9.64 Å². The van der Waals surface area contributed by atoms with Crippen molar-refractivity contribution >= 4 is 38.6 Å². The minimum absolute atomic E-state index is 0.209. The van der Waals surface area contributed by atoms with E-state index < -0.39 is 11.4 Å². The molecule has 8 heteroatoms. The number of carboxylic acids is 1. The molecule has 0 saturated heterocycles. The molecule has 4 rings (SSSR count). The van der Waals surface area contributed by atoms with Gasteiger partial charge in [-0.2, -0.15) is 0 Å². The maximum absolute atomic E-state index is 13.6. The molecule has 2 aromatic carbocycles. The van der Waals surface area contributed by atoms with Gasteiger partial charge in [-0.15, -0.1) is 0 Å². The number of carboxylic acid groups (broad SMARTS) is 1. The molecule has 3 aromatic rings. The number of benzene rings is 2. The smallest absolute Gasteiger partial charge is 0.304 e. The number of nitrogens with zero attached hydrogens (tertiary/aromatic N) is 3. The van der Waals surface area contributed by atoms with Gasteiger partial charge in [0.2, 0.25) is 5.91 Å². The average molecular weight is 454 g/mol. The van der Waals surface area contributed by atoms with E-state index in [1.165, 1.54) is 16.2 Å². The summed E-state index contributed by atoms with van der Waals surface area (Å²) < 4.78 is 6.73. The molecule has 0 aliphatic heterocycles. The van der Waals surface area contributed by atoms with Crippen LogP contribution in [0.2, 0.25) is 0 Å². The molecule has 32 heavy (non-hydrogen) atoms. The van der Waals surface area contributed by atoms with Crippen molar-refractivity contribution in [2.45, 2.75) is 19.3 Å². The van der Waals surface area contributed by atoms with Crippen LogP contribution in [0.25, 0.3) is 10.2 Å². The van der Waals surface area contributed by atoms with E-state index in [1.54, 1.807) is 7.05 Å². The molecule has 0 radical (unpaired) electrons. The molecule has 1 aromatic heterocycles. The van der Waals surface area contributed by atoms with E-state index in [1.807, 2.05) is 56.6 Å². The van der Waals surface area contributed by atoms with Gasteiger partial charge >= 0.3 is 5.97 Å². The number of rotatable bonds is 8. The maximum Gasteiger partial charge on any atom is 0.304 e. The Kier molecular flexibility index (Phi) is 6.17. The minimum Gasteiger partial charge on any atom is -0.492 e. The third-order valence-corrected chi connectivity index (χ3v) is 6.96. The number of fused-ring (bicyclic) bond motifs is 2. The van der Waals surface area contributed by atoms with Crippen molar-refractivity contribution in [2.24, 2.45) is 5.41 Å². The molecule has 1 heterocycles. The number of hydrogen-bond donors (Lipinski definition) is 1. The number of ether oxygens (including phenoxy) is 1. The number of anilines is 1. The van der Waals surface area contributed by atoms with Gasteiger partial charge in [0.25, 0.3) is 0 Å². The van der Waals surface area contributed by atoms with E-state index in [0.717, 1.165) is 33.6 Å². The summed E-state index contributed by atoms with van der Waals surface area (Å²) >= 11 is 1.40. The number of thiazole rings is 1. The molecular formula is C24H27N3O4S. The fourth-order valence-corrected chi connectivity index (χ4v) is 5.20. The SMILES string of the molecule is CN(C)CCOc1ccc2nc(N(C)C(=O)C3(CC(=O)O)Cc4ccccc4C3)sc2c1. The van der Waals surface area contributed by atoms with E-state index in [2.05, 4.69) is 9.88 Å². The lowest BCUT2D eigenvalue weighted by atomic mass is 9.80. The van der Waals surface area contributed by atoms with Crippen molar-refractivity contribution in [3.8, 4) is 5.75 Å². The molecule has 1 aliphatic carbocycles. The van der Waals surface area contributed by atoms with Gasteiger partial charge in [-0.1, -0.05) is 35.6 Å². The first-order chi connectivity index (χ1) is 15.3. The summed E-state index contributed by atoms with van der Waals surface area (Å²) in [7, 11) is 5.67. The maximum atomic E-state index is 13.6. The van der Waals surface area contributed by atoms with Crippen molar-refractivity contribution in [2.75, 3.05) is 39.2 Å². The van der Waals surface area contributed by atoms with Crippen LogP contribution in [0.4, 0.5) is 5.13 Å². The molecule has 7 nitrogen and oxygen atoms in total. The Morgan fingerprint density at radius 3 is 2.44 bits per heavy atom. The standard InChI is InChI=1S/C24H27N3O4S/c1-26(2)10-11-31-18-8-9-19-20(12-18)32-23(25-19)27(3)22(30)24(15-21(28)29)13-16-6-4-5-7-17(16)14-24/h4-9,12H,10-11,13-15H2,1-3H3,(H,28,29). The molecule has 0 fully saturated rings. The van der Waals surface area contributed by atoms with Crippen molar-refractivity contribution in [1.29, 1.82) is 0 Å². The number of aromatic nitrogens is 1. The molecule has 1 aliphatic rings. The summed E-state index contributed by atoms with van der Waals surface area (Å²) in [4.78, 5) is 33.5. The number of hydrogen-bond acceptors (Lipinski definition) is 6. The molecular weight excluding hydrogens is 426 g/mol. The lowest BCUT2D eigenvalue weighted by Gasteiger charge is -2.30. The Balaban J connectivity index is 1.57. The first kappa shape index (κ1) is 22.2. The van der Waals surface area contributed by atoms with Gasteiger partial charge in [-0.05, 0) is 56.3 Å². The largest absolute Gasteiger partial charge is 0.492 e. The monoisotopic (exact) mass is 453 g/mol. The lowest BCUT2D eigenvalue weighted by molar-refractivity contribution is -0.144. The Bertz CT molecular complexity index is 1130. The van der Waals surface area contributed by atoms with Crippen LogP contribution in [0.3, 0.4) is 0 Å². The van der Waals surface area contributed by atoms with Crippen LogP contribution in [0, 0.1) is 5.41 Å². The van der Waals surface area contributed by atoms with Gasteiger partial charge in [0.05, 0.1) is 22.1 Å². The van der Waals surface area contributed by atoms with E-state index >= 15 is 0 Å². The highest BCUT2D eigenvalue weighted by Crippen LogP contribution is 2.42. The number of carbonyl (C=O) groups is 2. The summed E-state index contributed by atoms with van der Waals surface area (Å²) in [6.07, 6.45) is 0.639. The van der Waals surface area contributed by atoms with Crippen LogP contribution in [-0.4, -0.2) is 61.2 Å². The zero-order valence-corrected chi connectivity index (χ0v) is 19.3. The normalized spacial score (nSPS) is 14.5. The fraction of sp³-hybridized carbons (Fsp3) is 0.375. The number of aliphatic carboxylic acids is 1. The quantitative estimate of drug-likeness (QED) is 0.563. The number of likely N-dealkylation sites (N-methyl/N-ethyl adjacent to an activating group) is 1. The van der Waals surface area contributed by atoms with E-state index in [4.69, 9.17) is 4.74 Å². The lowest BCUT2D eigenvalue weighted by Crippen LogP contribution is -2.44. The topological polar surface area (TPSA) is 83.0 Å². The van der Waals surface area contributed by atoms with Crippen molar-refractivity contribution < 1.29 is 19.4 Å². The molecule has 0 unspecified atom stereocenters. The van der Waals surface area contributed by atoms with E-state index in [0.29, 0.717) is 24.6 Å². The van der Waals surface area contributed by atoms with Crippen molar-refractivity contribution in [3.05, 3.63) is 53.6 Å². The van der Waals surface area contributed by atoms with Crippen LogP contribution in [0.5, 0.6) is 5.75 Å². The molecule has 0 spiro atoms. The highest BCUT2D eigenvalue weighted by molar-refractivity contribution is 7.22. The third-order valence-electron chi connectivity index (χ3n) is 5.87. The molecule has 1 amide bonds. The number of carbonyl (C=O) groups excluding carboxylic acids is 1. The highest BCUT2D eigenvalue weighted by atomic mass is 32.1. The zero-order valence-electron chi connectivity index (χ0n) is 18.5. The van der Waals surface area contributed by atoms with E-state index in [-0.39, 0.29) is 12.3 Å². The minimum atomic E-state index is -0.997. The second-order valence-corrected chi connectivity index (χ2v) is 9.62. The van der Waals surface area contributed by atoms with Gasteiger partial charge in [-0.25, -0.2) is 4.98 Å². The Morgan fingerprint density at radius 2 is 1.81 bits per heavy atom. The Labute approximate surface area is 191 Å². The van der Waals surface area contributed by atoms with Gasteiger partial charge in [0.1, 0.15) is 12.4 Å². The second kappa shape index (κ2) is 8.88. The Hall–Kier alpha value is -2.97. The second-order valence-electron chi connectivity index (χ2n) is 8.61. The van der Waals surface area contributed by atoms with Gasteiger partial charge in [0.15, 0.2) is 5.13 Å². The molecule has 168 valence electrons. The van der Waals surface area contributed by atoms with Crippen molar-refractivity contribution in [3.63, 3.8) is 0 Å².